The lowest BCUT2D eigenvalue weighted by molar-refractivity contribution is -0.137. The number of likely N-dealkylation sites (tertiary alicyclic amines) is 1. The Kier molecular flexibility index (Phi) is 12.1. The lowest BCUT2D eigenvalue weighted by Crippen LogP contribution is -2.50. The molecule has 11 nitrogen and oxygen atoms in total. The van der Waals surface area contributed by atoms with Crippen molar-refractivity contribution in [3.8, 4) is 0 Å². The lowest BCUT2D eigenvalue weighted by Gasteiger charge is -2.36. The van der Waals surface area contributed by atoms with Crippen molar-refractivity contribution in [1.82, 2.24) is 30.7 Å². The topological polar surface area (TPSA) is 134 Å². The van der Waals surface area contributed by atoms with Crippen molar-refractivity contribution < 1.29 is 24.3 Å². The van der Waals surface area contributed by atoms with E-state index in [0.29, 0.717) is 25.6 Å². The maximum atomic E-state index is 12.3. The van der Waals surface area contributed by atoms with Crippen molar-refractivity contribution in [2.24, 2.45) is 0 Å². The first-order chi connectivity index (χ1) is 15.8. The Labute approximate surface area is 196 Å². The number of rotatable bonds is 14. The van der Waals surface area contributed by atoms with Gasteiger partial charge >= 0.3 is 5.97 Å². The summed E-state index contributed by atoms with van der Waals surface area (Å²) in [5.74, 6) is -1.41. The van der Waals surface area contributed by atoms with Gasteiger partial charge in [0.05, 0.1) is 6.54 Å². The number of nitrogens with zero attached hydrogens (tertiary/aromatic N) is 3. The molecular formula is C22H40N6O5. The predicted molar refractivity (Wildman–Crippen MR) is 124 cm³/mol. The van der Waals surface area contributed by atoms with Crippen LogP contribution in [0.3, 0.4) is 0 Å². The number of hydrogen-bond donors (Lipinski definition) is 4. The summed E-state index contributed by atoms with van der Waals surface area (Å²) in [4.78, 5) is 53.4. The molecule has 2 aliphatic rings. The molecule has 0 radical (unpaired) electrons. The molecule has 2 saturated heterocycles. The van der Waals surface area contributed by atoms with Crippen LogP contribution in [0.2, 0.25) is 0 Å². The molecule has 33 heavy (non-hydrogen) atoms. The number of piperazine rings is 1. The highest BCUT2D eigenvalue weighted by atomic mass is 16.5. The molecule has 2 aliphatic heterocycles. The fourth-order valence-corrected chi connectivity index (χ4v) is 4.15. The third-order valence-corrected chi connectivity index (χ3v) is 6.15. The number of likely N-dealkylation sites (N-methyl/N-ethyl adjacent to an activating group) is 1. The van der Waals surface area contributed by atoms with Crippen LogP contribution in [-0.2, 0) is 19.2 Å². The zero-order valence-corrected chi connectivity index (χ0v) is 19.8. The van der Waals surface area contributed by atoms with Crippen LogP contribution >= 0.6 is 0 Å². The second-order valence-electron chi connectivity index (χ2n) is 8.92. The summed E-state index contributed by atoms with van der Waals surface area (Å²) < 4.78 is 0. The minimum Gasteiger partial charge on any atom is -0.481 e. The van der Waals surface area contributed by atoms with Crippen LogP contribution in [0.25, 0.3) is 0 Å². The van der Waals surface area contributed by atoms with Gasteiger partial charge in [-0.3, -0.25) is 29.0 Å². The smallest absolute Gasteiger partial charge is 0.303 e. The molecule has 1 atom stereocenters. The van der Waals surface area contributed by atoms with Gasteiger partial charge in [-0.25, -0.2) is 0 Å². The number of carbonyl (C=O) groups excluding carboxylic acids is 3. The highest BCUT2D eigenvalue weighted by Gasteiger charge is 2.28. The Morgan fingerprint density at radius 1 is 0.818 bits per heavy atom. The van der Waals surface area contributed by atoms with Crippen molar-refractivity contribution in [3.63, 3.8) is 0 Å². The maximum Gasteiger partial charge on any atom is 0.303 e. The highest BCUT2D eigenvalue weighted by Crippen LogP contribution is 2.18. The monoisotopic (exact) mass is 482 g/mol. The molecule has 0 aromatic carbocycles. The van der Waals surface area contributed by atoms with Gasteiger partial charge in [-0.2, -0.15) is 0 Å². The van der Waals surface area contributed by atoms with E-state index in [1.165, 1.54) is 0 Å². The molecule has 188 valence electrons. The molecule has 3 amide bonds. The number of carboxylic acids is 1. The van der Waals surface area contributed by atoms with E-state index in [1.807, 2.05) is 0 Å². The highest BCUT2D eigenvalue weighted by molar-refractivity contribution is 5.81. The number of carbonyl (C=O) groups is 4. The Morgan fingerprint density at radius 2 is 1.42 bits per heavy atom. The summed E-state index contributed by atoms with van der Waals surface area (Å²) in [7, 11) is 2.15. The number of amides is 3. The van der Waals surface area contributed by atoms with Gasteiger partial charge in [-0.1, -0.05) is 0 Å². The average molecular weight is 482 g/mol. The van der Waals surface area contributed by atoms with Gasteiger partial charge in [-0.05, 0) is 32.9 Å². The van der Waals surface area contributed by atoms with Gasteiger partial charge in [0, 0.05) is 77.7 Å². The first-order valence-electron chi connectivity index (χ1n) is 12.0. The Bertz CT molecular complexity index is 653. The summed E-state index contributed by atoms with van der Waals surface area (Å²) in [6, 6.07) is 0.415. The largest absolute Gasteiger partial charge is 0.481 e. The standard InChI is InChI=1S/C22H40N6O5/c1-26-12-14-27(15-13-26)16-18-4-3-11-28(18)17-21(31)25-10-7-20(30)24-9-6-19(29)23-8-2-5-22(32)33/h18H,2-17H2,1H3,(H,23,29)(H,24,30)(H,25,31)(H,32,33)/i2+1,5+1,6+1,7+1,8+1,9+1,10+1,19+1,20+1,21+1,22+1,26+1,27+1,28+1. The summed E-state index contributed by atoms with van der Waals surface area (Å²) in [6.45, 7) is 7.42. The fraction of sp³-hybridized carbons (Fsp3) is 0.818. The molecule has 2 fully saturated rings. The van der Waals surface area contributed by atoms with Crippen LogP contribution in [0.4, 0.5) is 0 Å². The van der Waals surface area contributed by atoms with Crippen LogP contribution < -0.4 is 16.0 Å². The summed E-state index contributed by atoms with van der Waals surface area (Å²) >= 11 is 0. The molecular weight excluding hydrogens is 442 g/mol. The van der Waals surface area contributed by atoms with Crippen molar-refractivity contribution in [1.29, 1.82) is 0 Å². The van der Waals surface area contributed by atoms with E-state index < -0.39 is 5.97 Å². The van der Waals surface area contributed by atoms with Crippen molar-refractivity contribution >= 4 is 23.7 Å². The Hall–Kier alpha value is -2.24. The van der Waals surface area contributed by atoms with Gasteiger partial charge in [0.25, 0.3) is 0 Å². The first kappa shape index (κ1) is 27.0. The zero-order valence-electron chi connectivity index (χ0n) is 19.8. The number of aliphatic carboxylic acids is 1. The van der Waals surface area contributed by atoms with Crippen LogP contribution in [0, 0.1) is 0 Å². The zero-order chi connectivity index (χ0) is 24.1. The summed E-state index contributed by atoms with van der Waals surface area (Å²) in [5, 5.41) is 16.6. The molecule has 1 unspecified atom stereocenters. The van der Waals surface area contributed by atoms with Crippen molar-refractivity contribution in [3.05, 3.63) is 0 Å². The molecule has 0 saturated carbocycles. The third kappa shape index (κ3) is 11.4. The molecule has 0 aromatic heterocycles. The van der Waals surface area contributed by atoms with Gasteiger partial charge in [-0.15, -0.1) is 0 Å². The SMILES string of the molecule is C[15N]1CC[15N](CC2CCC[15N]2C[13C](=O)N[13CH2][13CH2][13C](=O)N[13CH2][13CH2][13C](=O)N[13CH2][13CH2][13CH2][13C](=O)O)CC1. The molecule has 2 heterocycles. The normalized spacial score (nSPS) is 19.8. The molecule has 0 aromatic rings. The second kappa shape index (κ2) is 14.8. The van der Waals surface area contributed by atoms with E-state index in [2.05, 4.69) is 37.7 Å². The molecule has 0 bridgehead atoms. The van der Waals surface area contributed by atoms with E-state index >= 15 is 0 Å². The summed E-state index contributed by atoms with van der Waals surface area (Å²) in [6.07, 6.45) is 2.92. The minimum atomic E-state index is -0.894. The van der Waals surface area contributed by atoms with Gasteiger partial charge in [0.1, 0.15) is 0 Å². The third-order valence-electron chi connectivity index (χ3n) is 6.15. The Morgan fingerprint density at radius 3 is 2.06 bits per heavy atom. The van der Waals surface area contributed by atoms with Gasteiger partial charge in [0.15, 0.2) is 0 Å². The molecule has 4 N–H and O–H groups in total. The molecule has 2 rings (SSSR count). The van der Waals surface area contributed by atoms with E-state index in [-0.39, 0.29) is 50.1 Å². The van der Waals surface area contributed by atoms with E-state index in [9.17, 15) is 19.2 Å². The van der Waals surface area contributed by atoms with E-state index in [0.717, 1.165) is 52.1 Å². The van der Waals surface area contributed by atoms with E-state index in [4.69, 9.17) is 5.11 Å². The fourth-order valence-electron chi connectivity index (χ4n) is 4.15. The number of nitrogens with one attached hydrogen (secondary N) is 3. The van der Waals surface area contributed by atoms with Crippen LogP contribution in [-0.4, -0.2) is 122 Å². The van der Waals surface area contributed by atoms with Gasteiger partial charge in [0.2, 0.25) is 17.7 Å². The van der Waals surface area contributed by atoms with Crippen molar-refractivity contribution in [2.75, 3.05) is 72.5 Å². The predicted octanol–water partition coefficient (Wildman–Crippen LogP) is -1.31. The van der Waals surface area contributed by atoms with Crippen molar-refractivity contribution in [2.45, 2.75) is 44.6 Å². The van der Waals surface area contributed by atoms with Crippen LogP contribution in [0.5, 0.6) is 0 Å². The molecule has 11 heteroatoms. The molecule has 0 spiro atoms. The minimum absolute atomic E-state index is 0.0113. The van der Waals surface area contributed by atoms with E-state index in [1.54, 1.807) is 0 Å². The average Bonchev–Trinajstić information content (AvgIpc) is 3.19. The maximum absolute atomic E-state index is 12.3. The van der Waals surface area contributed by atoms with Crippen LogP contribution in [0.15, 0.2) is 0 Å². The second-order valence-corrected chi connectivity index (χ2v) is 8.92. The lowest BCUT2D eigenvalue weighted by atomic mass is 10.2. The van der Waals surface area contributed by atoms with Crippen LogP contribution in [0.1, 0.15) is 38.5 Å². The Balaban J connectivity index is 1.52. The summed E-state index contributed by atoms with van der Waals surface area (Å²) in [5.41, 5.74) is 0. The number of carboxylic acid groups (broad SMARTS) is 1. The molecule has 0 aliphatic carbocycles. The quantitative estimate of drug-likeness (QED) is 0.136. The first-order valence-corrected chi connectivity index (χ1v) is 12.0. The van der Waals surface area contributed by atoms with Gasteiger partial charge < -0.3 is 26.0 Å². The number of hydrogen-bond acceptors (Lipinski definition) is 7.